The third kappa shape index (κ3) is 2.87. The standard InChI is InChI=1S/C14H11BrF3N3/c1-6-2-8(4-9(16)12(6)17)21-10-3-7(5-19)14(20)13(18)11(10)15/h2-5,19,21H,20H2,1H3. The van der Waals surface area contributed by atoms with Crippen molar-refractivity contribution < 1.29 is 13.2 Å². The largest absolute Gasteiger partial charge is 0.396 e. The summed E-state index contributed by atoms with van der Waals surface area (Å²) in [6, 6.07) is 3.79. The summed E-state index contributed by atoms with van der Waals surface area (Å²) in [6.45, 7) is 1.42. The maximum Gasteiger partial charge on any atom is 0.163 e. The summed E-state index contributed by atoms with van der Waals surface area (Å²) in [5.74, 6) is -2.65. The molecule has 7 heteroatoms. The molecule has 2 rings (SSSR count). The van der Waals surface area contributed by atoms with Crippen LogP contribution in [0.15, 0.2) is 22.7 Å². The zero-order valence-corrected chi connectivity index (χ0v) is 12.5. The predicted molar refractivity (Wildman–Crippen MR) is 80.8 cm³/mol. The van der Waals surface area contributed by atoms with Gasteiger partial charge in [0.25, 0.3) is 0 Å². The molecule has 4 N–H and O–H groups in total. The predicted octanol–water partition coefficient (Wildman–Crippen LogP) is 4.50. The lowest BCUT2D eigenvalue weighted by Gasteiger charge is -2.13. The highest BCUT2D eigenvalue weighted by Gasteiger charge is 2.15. The lowest BCUT2D eigenvalue weighted by Crippen LogP contribution is -2.03. The zero-order valence-electron chi connectivity index (χ0n) is 10.9. The number of rotatable bonds is 3. The van der Waals surface area contributed by atoms with Gasteiger partial charge in [-0.05, 0) is 40.5 Å². The van der Waals surface area contributed by atoms with Crippen molar-refractivity contribution in [3.63, 3.8) is 0 Å². The lowest BCUT2D eigenvalue weighted by molar-refractivity contribution is 0.503. The van der Waals surface area contributed by atoms with Crippen molar-refractivity contribution in [1.82, 2.24) is 0 Å². The van der Waals surface area contributed by atoms with E-state index in [0.29, 0.717) is 0 Å². The molecule has 0 aliphatic carbocycles. The fourth-order valence-corrected chi connectivity index (χ4v) is 2.25. The number of halogens is 4. The molecule has 21 heavy (non-hydrogen) atoms. The van der Waals surface area contributed by atoms with Crippen LogP contribution in [0.1, 0.15) is 11.1 Å². The number of nitrogens with two attached hydrogens (primary N) is 1. The van der Waals surface area contributed by atoms with Crippen LogP contribution in [-0.4, -0.2) is 6.21 Å². The van der Waals surface area contributed by atoms with Crippen molar-refractivity contribution in [3.8, 4) is 0 Å². The second kappa shape index (κ2) is 5.77. The molecule has 2 aromatic rings. The normalized spacial score (nSPS) is 10.5. The number of benzene rings is 2. The number of nitrogens with one attached hydrogen (secondary N) is 2. The summed E-state index contributed by atoms with van der Waals surface area (Å²) in [5.41, 5.74) is 6.18. The number of nitrogen functional groups attached to an aromatic ring is 1. The summed E-state index contributed by atoms with van der Waals surface area (Å²) in [5, 5.41) is 9.97. The van der Waals surface area contributed by atoms with E-state index >= 15 is 0 Å². The van der Waals surface area contributed by atoms with Crippen LogP contribution in [-0.2, 0) is 0 Å². The van der Waals surface area contributed by atoms with E-state index in [2.05, 4.69) is 21.2 Å². The highest BCUT2D eigenvalue weighted by atomic mass is 79.9. The van der Waals surface area contributed by atoms with Crippen molar-refractivity contribution in [1.29, 1.82) is 5.41 Å². The Morgan fingerprint density at radius 2 is 1.86 bits per heavy atom. The Morgan fingerprint density at radius 1 is 1.19 bits per heavy atom. The van der Waals surface area contributed by atoms with Gasteiger partial charge in [-0.1, -0.05) is 0 Å². The minimum Gasteiger partial charge on any atom is -0.396 e. The van der Waals surface area contributed by atoms with Crippen LogP contribution < -0.4 is 11.1 Å². The third-order valence-electron chi connectivity index (χ3n) is 2.92. The monoisotopic (exact) mass is 357 g/mol. The molecule has 0 fully saturated rings. The molecule has 0 radical (unpaired) electrons. The molecule has 3 nitrogen and oxygen atoms in total. The zero-order chi connectivity index (χ0) is 15.7. The first-order valence-corrected chi connectivity index (χ1v) is 6.65. The molecule has 2 aromatic carbocycles. The highest BCUT2D eigenvalue weighted by molar-refractivity contribution is 9.10. The summed E-state index contributed by atoms with van der Waals surface area (Å²) < 4.78 is 40.6. The van der Waals surface area contributed by atoms with Crippen LogP contribution in [0, 0.1) is 29.8 Å². The molecular formula is C14H11BrF3N3. The molecule has 0 amide bonds. The van der Waals surface area contributed by atoms with Crippen LogP contribution in [0.2, 0.25) is 0 Å². The summed E-state index contributed by atoms with van der Waals surface area (Å²) in [4.78, 5) is 0. The second-order valence-corrected chi connectivity index (χ2v) is 5.21. The van der Waals surface area contributed by atoms with Gasteiger partial charge in [-0.25, -0.2) is 13.2 Å². The number of hydrogen-bond acceptors (Lipinski definition) is 3. The Hall–Kier alpha value is -2.02. The van der Waals surface area contributed by atoms with Crippen LogP contribution in [0.25, 0.3) is 0 Å². The maximum atomic E-state index is 13.9. The molecule has 0 spiro atoms. The van der Waals surface area contributed by atoms with Gasteiger partial charge >= 0.3 is 0 Å². The van der Waals surface area contributed by atoms with Crippen molar-refractivity contribution in [2.24, 2.45) is 0 Å². The van der Waals surface area contributed by atoms with Crippen molar-refractivity contribution in [3.05, 3.63) is 51.3 Å². The summed E-state index contributed by atoms with van der Waals surface area (Å²) in [6.07, 6.45) is 0.909. The molecular weight excluding hydrogens is 347 g/mol. The van der Waals surface area contributed by atoms with E-state index in [1.54, 1.807) is 0 Å². The van der Waals surface area contributed by atoms with Gasteiger partial charge in [0.15, 0.2) is 17.5 Å². The van der Waals surface area contributed by atoms with Gasteiger partial charge in [-0.3, -0.25) is 0 Å². The molecule has 0 heterocycles. The van der Waals surface area contributed by atoms with Crippen LogP contribution >= 0.6 is 15.9 Å². The molecule has 0 aromatic heterocycles. The van der Waals surface area contributed by atoms with Crippen LogP contribution in [0.3, 0.4) is 0 Å². The van der Waals surface area contributed by atoms with Gasteiger partial charge in [0, 0.05) is 23.5 Å². The quantitative estimate of drug-likeness (QED) is 0.559. The molecule has 0 saturated heterocycles. The average Bonchev–Trinajstić information content (AvgIpc) is 2.45. The van der Waals surface area contributed by atoms with E-state index in [4.69, 9.17) is 11.1 Å². The van der Waals surface area contributed by atoms with Gasteiger partial charge in [0.2, 0.25) is 0 Å². The van der Waals surface area contributed by atoms with Crippen molar-refractivity contribution in [2.45, 2.75) is 6.92 Å². The lowest BCUT2D eigenvalue weighted by atomic mass is 10.1. The average molecular weight is 358 g/mol. The Morgan fingerprint density at radius 3 is 2.43 bits per heavy atom. The maximum absolute atomic E-state index is 13.9. The van der Waals surface area contributed by atoms with Gasteiger partial charge in [0.05, 0.1) is 15.8 Å². The topological polar surface area (TPSA) is 61.9 Å². The van der Waals surface area contributed by atoms with E-state index in [1.165, 1.54) is 19.1 Å². The summed E-state index contributed by atoms with van der Waals surface area (Å²) >= 11 is 3.04. The van der Waals surface area contributed by atoms with E-state index in [0.717, 1.165) is 12.3 Å². The number of anilines is 3. The van der Waals surface area contributed by atoms with Crippen molar-refractivity contribution in [2.75, 3.05) is 11.1 Å². The minimum absolute atomic E-state index is 0.0491. The second-order valence-electron chi connectivity index (χ2n) is 4.41. The Balaban J connectivity index is 2.49. The Kier molecular flexibility index (Phi) is 4.22. The van der Waals surface area contributed by atoms with E-state index in [1.807, 2.05) is 0 Å². The Labute approximate surface area is 127 Å². The van der Waals surface area contributed by atoms with E-state index in [9.17, 15) is 13.2 Å². The number of hydrogen-bond donors (Lipinski definition) is 3. The first-order valence-electron chi connectivity index (χ1n) is 5.85. The molecule has 0 saturated carbocycles. The molecule has 0 aliphatic heterocycles. The third-order valence-corrected chi connectivity index (χ3v) is 3.70. The molecule has 0 atom stereocenters. The Bertz CT molecular complexity index is 709. The number of aryl methyl sites for hydroxylation is 1. The fourth-order valence-electron chi connectivity index (χ4n) is 1.82. The van der Waals surface area contributed by atoms with Crippen molar-refractivity contribution >= 4 is 39.2 Å². The van der Waals surface area contributed by atoms with Crippen LogP contribution in [0.5, 0.6) is 0 Å². The SMILES string of the molecule is Cc1cc(Nc2cc(C=N)c(N)c(F)c2Br)cc(F)c1F. The fraction of sp³-hybridized carbons (Fsp3) is 0.0714. The highest BCUT2D eigenvalue weighted by Crippen LogP contribution is 2.34. The summed E-state index contributed by atoms with van der Waals surface area (Å²) in [7, 11) is 0. The van der Waals surface area contributed by atoms with Gasteiger partial charge < -0.3 is 16.5 Å². The minimum atomic E-state index is -1.00. The molecule has 0 unspecified atom stereocenters. The van der Waals surface area contributed by atoms with Gasteiger partial charge in [0.1, 0.15) is 0 Å². The van der Waals surface area contributed by atoms with Gasteiger partial charge in [-0.2, -0.15) is 0 Å². The first-order chi connectivity index (χ1) is 9.85. The van der Waals surface area contributed by atoms with E-state index < -0.39 is 17.5 Å². The van der Waals surface area contributed by atoms with Gasteiger partial charge in [-0.15, -0.1) is 0 Å². The van der Waals surface area contributed by atoms with E-state index in [-0.39, 0.29) is 32.7 Å². The first kappa shape index (κ1) is 15.4. The molecule has 0 aliphatic rings. The smallest absolute Gasteiger partial charge is 0.163 e. The molecule has 0 bridgehead atoms. The van der Waals surface area contributed by atoms with Crippen LogP contribution in [0.4, 0.5) is 30.2 Å². The molecule has 110 valence electrons.